The molecule has 0 saturated heterocycles. The third-order valence-electron chi connectivity index (χ3n) is 6.61. The van der Waals surface area contributed by atoms with Gasteiger partial charge in [0.25, 0.3) is 0 Å². The van der Waals surface area contributed by atoms with Gasteiger partial charge in [-0.25, -0.2) is 4.79 Å². The van der Waals surface area contributed by atoms with E-state index in [1.165, 1.54) is 117 Å². The van der Waals surface area contributed by atoms with Gasteiger partial charge in [0, 0.05) is 13.3 Å². The molecule has 2 N–H and O–H groups in total. The van der Waals surface area contributed by atoms with Crippen molar-refractivity contribution in [2.45, 2.75) is 161 Å². The summed E-state index contributed by atoms with van der Waals surface area (Å²) >= 11 is 0. The maximum atomic E-state index is 11.8. The number of amides is 1. The maximum absolute atomic E-state index is 11.8. The Morgan fingerprint density at radius 1 is 0.649 bits per heavy atom. The van der Waals surface area contributed by atoms with E-state index in [0.717, 1.165) is 19.3 Å². The summed E-state index contributed by atoms with van der Waals surface area (Å²) in [5, 5.41) is 12.2. The van der Waals surface area contributed by atoms with Crippen molar-refractivity contribution < 1.29 is 29.0 Å². The Hall–Kier alpha value is -1.63. The van der Waals surface area contributed by atoms with Crippen molar-refractivity contribution in [1.29, 1.82) is 0 Å². The first-order chi connectivity index (χ1) is 17.9. The smallest absolute Gasteiger partial charge is 0.328 e. The summed E-state index contributed by atoms with van der Waals surface area (Å²) in [4.78, 5) is 34.4. The van der Waals surface area contributed by atoms with E-state index < -0.39 is 18.1 Å². The fraction of sp³-hybridized carbons (Fsp3) is 0.900. The highest BCUT2D eigenvalue weighted by Crippen LogP contribution is 2.15. The van der Waals surface area contributed by atoms with Gasteiger partial charge in [-0.3, -0.25) is 9.59 Å². The molecule has 7 nitrogen and oxygen atoms in total. The number of hydrogen-bond acceptors (Lipinski definition) is 6. The van der Waals surface area contributed by atoms with Gasteiger partial charge in [0.2, 0.25) is 5.91 Å². The number of aliphatic hydroxyl groups excluding tert-OH is 1. The normalized spacial score (nSPS) is 12.6. The highest BCUT2D eigenvalue weighted by atomic mass is 16.6. The molecular weight excluding hydrogens is 470 g/mol. The first-order valence-corrected chi connectivity index (χ1v) is 15.1. The summed E-state index contributed by atoms with van der Waals surface area (Å²) in [5.74, 6) is -1.33. The van der Waals surface area contributed by atoms with Crippen molar-refractivity contribution in [1.82, 2.24) is 5.32 Å². The molecule has 0 rings (SSSR count). The Labute approximate surface area is 226 Å². The van der Waals surface area contributed by atoms with E-state index in [4.69, 9.17) is 9.47 Å². The third kappa shape index (κ3) is 25.8. The number of esters is 2. The molecule has 0 aromatic rings. The van der Waals surface area contributed by atoms with Crippen molar-refractivity contribution in [2.24, 2.45) is 0 Å². The van der Waals surface area contributed by atoms with Crippen LogP contribution in [-0.2, 0) is 23.9 Å². The van der Waals surface area contributed by atoms with Gasteiger partial charge in [0.05, 0.1) is 0 Å². The van der Waals surface area contributed by atoms with E-state index in [2.05, 4.69) is 12.2 Å². The Balaban J connectivity index is 3.38. The van der Waals surface area contributed by atoms with Gasteiger partial charge in [-0.1, -0.05) is 122 Å². The van der Waals surface area contributed by atoms with Crippen LogP contribution in [0.4, 0.5) is 0 Å². The topological polar surface area (TPSA) is 102 Å². The maximum Gasteiger partial charge on any atom is 0.328 e. The zero-order chi connectivity index (χ0) is 27.6. The predicted molar refractivity (Wildman–Crippen MR) is 149 cm³/mol. The minimum atomic E-state index is -1.08. The van der Waals surface area contributed by atoms with E-state index >= 15 is 0 Å². The number of ether oxygens (including phenoxy) is 2. The van der Waals surface area contributed by atoms with Gasteiger partial charge in [0.15, 0.2) is 0 Å². The van der Waals surface area contributed by atoms with Crippen LogP contribution in [-0.4, -0.2) is 48.3 Å². The Morgan fingerprint density at radius 2 is 1.03 bits per heavy atom. The molecular formula is C30H57NO6. The van der Waals surface area contributed by atoms with Crippen LogP contribution in [0.5, 0.6) is 0 Å². The zero-order valence-electron chi connectivity index (χ0n) is 24.2. The molecule has 2 atom stereocenters. The quantitative estimate of drug-likeness (QED) is 0.0949. The van der Waals surface area contributed by atoms with Crippen LogP contribution in [0.3, 0.4) is 0 Å². The number of hydrogen-bond donors (Lipinski definition) is 2. The van der Waals surface area contributed by atoms with Gasteiger partial charge in [-0.15, -0.1) is 0 Å². The predicted octanol–water partition coefficient (Wildman–Crippen LogP) is 6.78. The van der Waals surface area contributed by atoms with Crippen LogP contribution in [0, 0.1) is 0 Å². The lowest BCUT2D eigenvalue weighted by Gasteiger charge is -2.15. The van der Waals surface area contributed by atoms with E-state index in [9.17, 15) is 19.5 Å². The van der Waals surface area contributed by atoms with E-state index in [0.29, 0.717) is 6.42 Å². The largest absolute Gasteiger partial charge is 0.463 e. The van der Waals surface area contributed by atoms with E-state index in [-0.39, 0.29) is 25.1 Å². The van der Waals surface area contributed by atoms with E-state index in [1.807, 2.05) is 0 Å². The fourth-order valence-electron chi connectivity index (χ4n) is 4.32. The lowest BCUT2D eigenvalue weighted by atomic mass is 10.0. The monoisotopic (exact) mass is 527 g/mol. The van der Waals surface area contributed by atoms with Gasteiger partial charge in [-0.05, 0) is 13.3 Å². The molecule has 0 aliphatic heterocycles. The number of carbonyl (C=O) groups is 3. The number of carbonyl (C=O) groups excluding carboxylic acids is 3. The second-order valence-corrected chi connectivity index (χ2v) is 10.5. The molecule has 1 amide bonds. The van der Waals surface area contributed by atoms with Crippen LogP contribution < -0.4 is 5.32 Å². The summed E-state index contributed by atoms with van der Waals surface area (Å²) in [6, 6.07) is -0.790. The summed E-state index contributed by atoms with van der Waals surface area (Å²) in [5.41, 5.74) is 0. The Bertz CT molecular complexity index is 568. The van der Waals surface area contributed by atoms with Crippen molar-refractivity contribution >= 4 is 17.8 Å². The summed E-state index contributed by atoms with van der Waals surface area (Å²) < 4.78 is 9.96. The molecule has 0 radical (unpaired) electrons. The standard InChI is InChI=1S/C30H57NO6/c1-4-5-6-7-8-9-10-11-12-13-14-15-16-17-18-19-20-21-22-23-29(34)36-24-28(33)25-37-30(35)26(2)31-27(3)32/h26,28,33H,4-25H2,1-3H3,(H,31,32)/t26-,28?/m1/s1. The van der Waals surface area contributed by atoms with Crippen LogP contribution in [0.2, 0.25) is 0 Å². The number of rotatable bonds is 26. The first-order valence-electron chi connectivity index (χ1n) is 15.1. The molecule has 1 unspecified atom stereocenters. The average Bonchev–Trinajstić information content (AvgIpc) is 2.86. The SMILES string of the molecule is CCCCCCCCCCCCCCCCCCCCCC(=O)OCC(O)COC(=O)[C@@H](C)NC(C)=O. The second kappa shape index (κ2) is 26.0. The average molecular weight is 528 g/mol. The molecule has 0 aromatic heterocycles. The van der Waals surface area contributed by atoms with Crippen LogP contribution >= 0.6 is 0 Å². The molecule has 0 aliphatic carbocycles. The highest BCUT2D eigenvalue weighted by molar-refractivity contribution is 5.82. The van der Waals surface area contributed by atoms with Gasteiger partial charge in [0.1, 0.15) is 25.4 Å². The van der Waals surface area contributed by atoms with Gasteiger partial charge >= 0.3 is 11.9 Å². The van der Waals surface area contributed by atoms with Crippen molar-refractivity contribution in [3.05, 3.63) is 0 Å². The fourth-order valence-corrected chi connectivity index (χ4v) is 4.32. The summed E-state index contributed by atoms with van der Waals surface area (Å²) in [6.07, 6.45) is 24.1. The number of aliphatic hydroxyl groups is 1. The van der Waals surface area contributed by atoms with Crippen molar-refractivity contribution in [3.63, 3.8) is 0 Å². The molecule has 7 heteroatoms. The lowest BCUT2D eigenvalue weighted by Crippen LogP contribution is -2.39. The van der Waals surface area contributed by atoms with Crippen LogP contribution in [0.15, 0.2) is 0 Å². The Kier molecular flexibility index (Phi) is 24.9. The molecule has 0 aromatic carbocycles. The van der Waals surface area contributed by atoms with Crippen molar-refractivity contribution in [3.8, 4) is 0 Å². The first kappa shape index (κ1) is 35.4. The van der Waals surface area contributed by atoms with Gasteiger partial charge in [-0.2, -0.15) is 0 Å². The summed E-state index contributed by atoms with van der Waals surface area (Å²) in [7, 11) is 0. The molecule has 37 heavy (non-hydrogen) atoms. The number of nitrogens with one attached hydrogen (secondary N) is 1. The highest BCUT2D eigenvalue weighted by Gasteiger charge is 2.17. The molecule has 0 heterocycles. The molecule has 0 spiro atoms. The number of unbranched alkanes of at least 4 members (excludes halogenated alkanes) is 18. The minimum absolute atomic E-state index is 0.209. The van der Waals surface area contributed by atoms with Crippen LogP contribution in [0.1, 0.15) is 149 Å². The molecule has 0 fully saturated rings. The van der Waals surface area contributed by atoms with Crippen molar-refractivity contribution in [2.75, 3.05) is 13.2 Å². The van der Waals surface area contributed by atoms with Gasteiger partial charge < -0.3 is 19.9 Å². The summed E-state index contributed by atoms with van der Waals surface area (Å²) in [6.45, 7) is 4.58. The second-order valence-electron chi connectivity index (χ2n) is 10.5. The third-order valence-corrected chi connectivity index (χ3v) is 6.61. The lowest BCUT2D eigenvalue weighted by molar-refractivity contribution is -0.154. The molecule has 0 saturated carbocycles. The Morgan fingerprint density at radius 3 is 1.43 bits per heavy atom. The van der Waals surface area contributed by atoms with E-state index in [1.54, 1.807) is 0 Å². The molecule has 218 valence electrons. The minimum Gasteiger partial charge on any atom is -0.463 e. The van der Waals surface area contributed by atoms with Crippen LogP contribution in [0.25, 0.3) is 0 Å². The molecule has 0 aliphatic rings. The zero-order valence-corrected chi connectivity index (χ0v) is 24.2. The molecule has 0 bridgehead atoms.